The van der Waals surface area contributed by atoms with Crippen LogP contribution < -0.4 is 5.32 Å². The fraction of sp³-hybridized carbons (Fsp3) is 0.286. The quantitative estimate of drug-likeness (QED) is 0.800. The Morgan fingerprint density at radius 3 is 2.35 bits per heavy atom. The number of amides is 1. The van der Waals surface area contributed by atoms with E-state index in [0.717, 1.165) is 12.0 Å². The molecule has 0 aliphatic rings. The Morgan fingerprint density at radius 1 is 1.08 bits per heavy atom. The Bertz CT molecular complexity index is 820. The topological polar surface area (TPSA) is 79.2 Å². The molecule has 0 fully saturated rings. The van der Waals surface area contributed by atoms with Gasteiger partial charge in [0.25, 0.3) is 5.91 Å². The molecule has 0 heterocycles. The van der Waals surface area contributed by atoms with Gasteiger partial charge in [-0.1, -0.05) is 38.1 Å². The van der Waals surface area contributed by atoms with Crippen molar-refractivity contribution in [3.05, 3.63) is 65.2 Å². The highest BCUT2D eigenvalue weighted by atomic mass is 16.5. The van der Waals surface area contributed by atoms with Gasteiger partial charge in [0.15, 0.2) is 6.10 Å². The first-order chi connectivity index (χ1) is 12.4. The summed E-state index contributed by atoms with van der Waals surface area (Å²) in [7, 11) is 0. The summed E-state index contributed by atoms with van der Waals surface area (Å²) in [5.74, 6) is -0.511. The van der Waals surface area contributed by atoms with Gasteiger partial charge >= 0.3 is 5.97 Å². The van der Waals surface area contributed by atoms with E-state index in [0.29, 0.717) is 22.7 Å². The molecule has 0 aromatic heterocycles. The first kappa shape index (κ1) is 19.2. The number of nitrogens with zero attached hydrogens (tertiary/aromatic N) is 1. The maximum absolute atomic E-state index is 12.2. The number of esters is 1. The zero-order valence-corrected chi connectivity index (χ0v) is 15.2. The monoisotopic (exact) mass is 350 g/mol. The average molecular weight is 350 g/mol. The first-order valence-electron chi connectivity index (χ1n) is 8.50. The fourth-order valence-electron chi connectivity index (χ4n) is 2.45. The zero-order chi connectivity index (χ0) is 19.1. The van der Waals surface area contributed by atoms with Crippen LogP contribution in [-0.4, -0.2) is 18.0 Å². The van der Waals surface area contributed by atoms with Crippen LogP contribution in [0.2, 0.25) is 0 Å². The van der Waals surface area contributed by atoms with Crippen molar-refractivity contribution in [3.63, 3.8) is 0 Å². The minimum Gasteiger partial charge on any atom is -0.449 e. The van der Waals surface area contributed by atoms with Crippen molar-refractivity contribution < 1.29 is 14.3 Å². The molecular weight excluding hydrogens is 328 g/mol. The molecule has 0 saturated heterocycles. The second-order valence-corrected chi connectivity index (χ2v) is 6.49. The summed E-state index contributed by atoms with van der Waals surface area (Å²) in [5.41, 5.74) is 2.28. The molecular formula is C21H22N2O3. The normalized spacial score (nSPS) is 11.5. The lowest BCUT2D eigenvalue weighted by atomic mass is 10.0. The maximum atomic E-state index is 12.2. The smallest absolute Gasteiger partial charge is 0.338 e. The number of nitrogens with one attached hydrogen (secondary N) is 1. The van der Waals surface area contributed by atoms with Gasteiger partial charge in [-0.15, -0.1) is 0 Å². The second kappa shape index (κ2) is 8.82. The van der Waals surface area contributed by atoms with Gasteiger partial charge in [-0.2, -0.15) is 5.26 Å². The second-order valence-electron chi connectivity index (χ2n) is 6.49. The molecule has 5 heteroatoms. The summed E-state index contributed by atoms with van der Waals surface area (Å²) in [5, 5.41) is 11.7. The van der Waals surface area contributed by atoms with E-state index in [4.69, 9.17) is 10.00 Å². The summed E-state index contributed by atoms with van der Waals surface area (Å²) in [6.45, 7) is 5.76. The van der Waals surface area contributed by atoms with Gasteiger partial charge in [0, 0.05) is 0 Å². The van der Waals surface area contributed by atoms with Crippen molar-refractivity contribution in [3.8, 4) is 6.07 Å². The molecule has 2 aromatic rings. The molecule has 0 bridgehead atoms. The van der Waals surface area contributed by atoms with Crippen LogP contribution in [0.15, 0.2) is 48.5 Å². The Hall–Kier alpha value is -3.13. The minimum absolute atomic E-state index is 0.347. The van der Waals surface area contributed by atoms with Crippen LogP contribution in [0, 0.1) is 17.2 Å². The Balaban J connectivity index is 1.97. The Morgan fingerprint density at radius 2 is 1.73 bits per heavy atom. The van der Waals surface area contributed by atoms with Gasteiger partial charge in [0.2, 0.25) is 0 Å². The third-order valence-electron chi connectivity index (χ3n) is 3.79. The standard InChI is InChI=1S/C21H22N2O3/c1-14(2)12-16-8-10-17(11-9-16)21(25)26-15(3)20(24)23-19-7-5-4-6-18(19)13-22/h4-11,14-15H,12H2,1-3H3,(H,23,24)/t15-/m0/s1. The lowest BCUT2D eigenvalue weighted by Gasteiger charge is -2.14. The average Bonchev–Trinajstić information content (AvgIpc) is 2.62. The lowest BCUT2D eigenvalue weighted by molar-refractivity contribution is -0.123. The van der Waals surface area contributed by atoms with Gasteiger partial charge in [0.1, 0.15) is 6.07 Å². The summed E-state index contributed by atoms with van der Waals surface area (Å²) in [6.07, 6.45) is -0.0449. The van der Waals surface area contributed by atoms with Gasteiger partial charge < -0.3 is 10.1 Å². The first-order valence-corrected chi connectivity index (χ1v) is 8.50. The Labute approximate surface area is 153 Å². The number of para-hydroxylation sites is 1. The summed E-state index contributed by atoms with van der Waals surface area (Å²) < 4.78 is 5.23. The van der Waals surface area contributed by atoms with Crippen molar-refractivity contribution >= 4 is 17.6 Å². The highest BCUT2D eigenvalue weighted by Crippen LogP contribution is 2.15. The van der Waals surface area contributed by atoms with Crippen molar-refractivity contribution in [2.75, 3.05) is 5.32 Å². The highest BCUT2D eigenvalue weighted by Gasteiger charge is 2.20. The maximum Gasteiger partial charge on any atom is 0.338 e. The van der Waals surface area contributed by atoms with Crippen LogP contribution in [0.25, 0.3) is 0 Å². The SMILES string of the molecule is CC(C)Cc1ccc(C(=O)O[C@@H](C)C(=O)Nc2ccccc2C#N)cc1. The molecule has 2 rings (SSSR count). The molecule has 0 aliphatic heterocycles. The van der Waals surface area contributed by atoms with E-state index >= 15 is 0 Å². The molecule has 0 spiro atoms. The van der Waals surface area contributed by atoms with Gasteiger partial charge in [0.05, 0.1) is 16.8 Å². The lowest BCUT2D eigenvalue weighted by Crippen LogP contribution is -2.30. The van der Waals surface area contributed by atoms with E-state index in [1.807, 2.05) is 18.2 Å². The number of anilines is 1. The third-order valence-corrected chi connectivity index (χ3v) is 3.79. The van der Waals surface area contributed by atoms with Gasteiger partial charge in [-0.3, -0.25) is 4.79 Å². The van der Waals surface area contributed by atoms with Crippen LogP contribution in [0.4, 0.5) is 5.69 Å². The summed E-state index contributed by atoms with van der Waals surface area (Å²) in [6, 6.07) is 15.8. The van der Waals surface area contributed by atoms with Crippen LogP contribution in [0.5, 0.6) is 0 Å². The van der Waals surface area contributed by atoms with Crippen LogP contribution in [0.1, 0.15) is 42.3 Å². The molecule has 26 heavy (non-hydrogen) atoms. The number of hydrogen-bond acceptors (Lipinski definition) is 4. The van der Waals surface area contributed by atoms with Crippen molar-refractivity contribution in [2.24, 2.45) is 5.92 Å². The van der Waals surface area contributed by atoms with Crippen molar-refractivity contribution in [2.45, 2.75) is 33.3 Å². The predicted octanol–water partition coefficient (Wildman–Crippen LogP) is 3.94. The fourth-order valence-corrected chi connectivity index (χ4v) is 2.45. The molecule has 134 valence electrons. The number of nitriles is 1. The molecule has 0 radical (unpaired) electrons. The molecule has 1 amide bonds. The van der Waals surface area contributed by atoms with E-state index in [9.17, 15) is 9.59 Å². The van der Waals surface area contributed by atoms with E-state index < -0.39 is 18.0 Å². The number of rotatable bonds is 6. The van der Waals surface area contributed by atoms with Crippen molar-refractivity contribution in [1.82, 2.24) is 0 Å². The highest BCUT2D eigenvalue weighted by molar-refractivity contribution is 5.98. The summed E-state index contributed by atoms with van der Waals surface area (Å²) in [4.78, 5) is 24.4. The van der Waals surface area contributed by atoms with Crippen LogP contribution >= 0.6 is 0 Å². The van der Waals surface area contributed by atoms with Gasteiger partial charge in [-0.05, 0) is 49.1 Å². The molecule has 1 N–H and O–H groups in total. The minimum atomic E-state index is -0.982. The van der Waals surface area contributed by atoms with E-state index in [1.54, 1.807) is 36.4 Å². The Kier molecular flexibility index (Phi) is 6.51. The predicted molar refractivity (Wildman–Crippen MR) is 99.6 cm³/mol. The van der Waals surface area contributed by atoms with E-state index in [1.165, 1.54) is 6.92 Å². The number of hydrogen-bond donors (Lipinski definition) is 1. The number of ether oxygens (including phenoxy) is 1. The zero-order valence-electron chi connectivity index (χ0n) is 15.2. The van der Waals surface area contributed by atoms with Crippen LogP contribution in [0.3, 0.4) is 0 Å². The molecule has 5 nitrogen and oxygen atoms in total. The van der Waals surface area contributed by atoms with E-state index in [2.05, 4.69) is 19.2 Å². The third kappa shape index (κ3) is 5.18. The summed E-state index contributed by atoms with van der Waals surface area (Å²) >= 11 is 0. The molecule has 0 aliphatic carbocycles. The van der Waals surface area contributed by atoms with Gasteiger partial charge in [-0.25, -0.2) is 4.79 Å². The molecule has 0 saturated carbocycles. The largest absolute Gasteiger partial charge is 0.449 e. The molecule has 0 unspecified atom stereocenters. The number of carbonyl (C=O) groups is 2. The van der Waals surface area contributed by atoms with Crippen molar-refractivity contribution in [1.29, 1.82) is 5.26 Å². The van der Waals surface area contributed by atoms with E-state index in [-0.39, 0.29) is 0 Å². The number of benzene rings is 2. The number of carbonyl (C=O) groups excluding carboxylic acids is 2. The van der Waals surface area contributed by atoms with Crippen LogP contribution in [-0.2, 0) is 16.0 Å². The molecule has 1 atom stereocenters. The molecule has 2 aromatic carbocycles.